The Hall–Kier alpha value is -2.93. The number of likely N-dealkylation sites (N-methyl/N-ethyl adjacent to an activating group) is 1. The second-order valence-electron chi connectivity index (χ2n) is 8.51. The van der Waals surface area contributed by atoms with Crippen LogP contribution in [0.1, 0.15) is 41.2 Å². The Bertz CT molecular complexity index is 982. The zero-order valence-corrected chi connectivity index (χ0v) is 18.1. The molecule has 3 heterocycles. The number of hydrogen-bond acceptors (Lipinski definition) is 4. The molecule has 0 radical (unpaired) electrons. The molecule has 0 N–H and O–H groups in total. The van der Waals surface area contributed by atoms with Crippen LogP contribution in [0.25, 0.3) is 0 Å². The molecule has 0 bridgehead atoms. The molecular weight excluding hydrogens is 392 g/mol. The molecule has 0 saturated carbocycles. The summed E-state index contributed by atoms with van der Waals surface area (Å²) in [6, 6.07) is 12.9. The lowest BCUT2D eigenvalue weighted by molar-refractivity contribution is -0.132. The van der Waals surface area contributed by atoms with E-state index >= 15 is 0 Å². The third kappa shape index (κ3) is 4.88. The molecule has 2 aliphatic heterocycles. The number of carbonyl (C=O) groups excluding carboxylic acids is 2. The van der Waals surface area contributed by atoms with E-state index in [1.54, 1.807) is 12.3 Å². The number of pyridine rings is 1. The van der Waals surface area contributed by atoms with Gasteiger partial charge >= 0.3 is 0 Å². The number of nitrogens with zero attached hydrogens (tertiary/aromatic N) is 4. The van der Waals surface area contributed by atoms with Crippen LogP contribution in [0.4, 0.5) is 0 Å². The first-order chi connectivity index (χ1) is 15.0. The van der Waals surface area contributed by atoms with Gasteiger partial charge in [0, 0.05) is 45.0 Å². The molecule has 2 aromatic rings. The van der Waals surface area contributed by atoms with E-state index in [2.05, 4.69) is 11.9 Å². The highest BCUT2D eigenvalue weighted by Crippen LogP contribution is 2.26. The van der Waals surface area contributed by atoms with Gasteiger partial charge in [-0.3, -0.25) is 14.4 Å². The summed E-state index contributed by atoms with van der Waals surface area (Å²) < 4.78 is 1.37. The van der Waals surface area contributed by atoms with Crippen molar-refractivity contribution in [2.24, 2.45) is 0 Å². The van der Waals surface area contributed by atoms with Gasteiger partial charge in [0.2, 0.25) is 5.91 Å². The predicted molar refractivity (Wildman–Crippen MR) is 119 cm³/mol. The lowest BCUT2D eigenvalue weighted by atomic mass is 10.0. The van der Waals surface area contributed by atoms with E-state index in [-0.39, 0.29) is 30.0 Å². The fraction of sp³-hybridized carbons (Fsp3) is 0.458. The molecule has 2 amide bonds. The maximum atomic E-state index is 13.4. The first-order valence-electron chi connectivity index (χ1n) is 11.1. The predicted octanol–water partition coefficient (Wildman–Crippen LogP) is 1.99. The molecule has 4 rings (SSSR count). The summed E-state index contributed by atoms with van der Waals surface area (Å²) in [5.74, 6) is -0.172. The van der Waals surface area contributed by atoms with Crippen molar-refractivity contribution in [3.05, 3.63) is 70.1 Å². The number of likely N-dealkylation sites (tertiary alicyclic amines) is 1. The van der Waals surface area contributed by atoms with Crippen LogP contribution in [-0.2, 0) is 11.3 Å². The number of rotatable bonds is 4. The highest BCUT2D eigenvalue weighted by molar-refractivity contribution is 5.94. The van der Waals surface area contributed by atoms with E-state index in [0.29, 0.717) is 12.1 Å². The van der Waals surface area contributed by atoms with Crippen LogP contribution in [0.3, 0.4) is 0 Å². The third-order valence-corrected chi connectivity index (χ3v) is 6.27. The average Bonchev–Trinajstić information content (AvgIpc) is 2.81. The first kappa shape index (κ1) is 21.3. The fourth-order valence-corrected chi connectivity index (χ4v) is 4.46. The molecule has 0 spiro atoms. The average molecular weight is 423 g/mol. The molecule has 31 heavy (non-hydrogen) atoms. The Labute approximate surface area is 182 Å². The van der Waals surface area contributed by atoms with Crippen LogP contribution < -0.4 is 5.56 Å². The van der Waals surface area contributed by atoms with Gasteiger partial charge in [0.25, 0.3) is 11.5 Å². The van der Waals surface area contributed by atoms with Crippen molar-refractivity contribution in [3.8, 4) is 0 Å². The maximum Gasteiger partial charge on any atom is 0.255 e. The summed E-state index contributed by atoms with van der Waals surface area (Å²) in [5.41, 5.74) is 1.27. The van der Waals surface area contributed by atoms with Gasteiger partial charge in [-0.05, 0) is 37.9 Å². The molecule has 1 aromatic heterocycles. The van der Waals surface area contributed by atoms with E-state index in [1.165, 1.54) is 10.6 Å². The number of carbonyl (C=O) groups is 2. The van der Waals surface area contributed by atoms with Crippen LogP contribution in [0.2, 0.25) is 0 Å². The summed E-state index contributed by atoms with van der Waals surface area (Å²) >= 11 is 0. The zero-order valence-electron chi connectivity index (χ0n) is 18.1. The normalized spacial score (nSPS) is 20.0. The molecule has 2 aliphatic rings. The van der Waals surface area contributed by atoms with Gasteiger partial charge < -0.3 is 19.3 Å². The van der Waals surface area contributed by atoms with Crippen molar-refractivity contribution in [3.63, 3.8) is 0 Å². The van der Waals surface area contributed by atoms with E-state index in [1.807, 2.05) is 40.1 Å². The standard InChI is InChI=1S/C24H30N4O3/c1-25-14-15-28(21(17-25)19-8-4-2-5-9-19)24(31)20-10-11-22(29)27(16-20)18-23(30)26-12-6-3-7-13-26/h2,4-5,8-11,16,21H,3,6-7,12-15,17-18H2,1H3/t21-/m1/s1. The SMILES string of the molecule is CN1CCN(C(=O)c2ccc(=O)n(CC(=O)N3CCCCC3)c2)[C@@H](c2ccccc2)C1. The Morgan fingerprint density at radius 3 is 2.42 bits per heavy atom. The first-order valence-corrected chi connectivity index (χ1v) is 11.1. The minimum atomic E-state index is -0.264. The van der Waals surface area contributed by atoms with Gasteiger partial charge in [-0.2, -0.15) is 0 Å². The maximum absolute atomic E-state index is 13.4. The monoisotopic (exact) mass is 422 g/mol. The van der Waals surface area contributed by atoms with Gasteiger partial charge in [-0.25, -0.2) is 0 Å². The number of benzene rings is 1. The van der Waals surface area contributed by atoms with Crippen molar-refractivity contribution in [1.82, 2.24) is 19.3 Å². The second kappa shape index (κ2) is 9.47. The molecule has 2 fully saturated rings. The van der Waals surface area contributed by atoms with Crippen molar-refractivity contribution in [2.45, 2.75) is 31.8 Å². The van der Waals surface area contributed by atoms with Gasteiger partial charge in [-0.1, -0.05) is 30.3 Å². The van der Waals surface area contributed by atoms with Gasteiger partial charge in [0.05, 0.1) is 11.6 Å². The third-order valence-electron chi connectivity index (χ3n) is 6.27. The second-order valence-corrected chi connectivity index (χ2v) is 8.51. The number of aromatic nitrogens is 1. The molecule has 164 valence electrons. The van der Waals surface area contributed by atoms with Crippen molar-refractivity contribution >= 4 is 11.8 Å². The molecule has 0 aliphatic carbocycles. The summed E-state index contributed by atoms with van der Waals surface area (Å²) in [7, 11) is 2.06. The summed E-state index contributed by atoms with van der Waals surface area (Å²) in [4.78, 5) is 44.4. The smallest absolute Gasteiger partial charge is 0.255 e. The summed E-state index contributed by atoms with van der Waals surface area (Å²) in [6.45, 7) is 3.62. The number of piperazine rings is 1. The van der Waals surface area contributed by atoms with Crippen molar-refractivity contribution in [2.75, 3.05) is 39.8 Å². The van der Waals surface area contributed by atoms with Crippen LogP contribution >= 0.6 is 0 Å². The Balaban J connectivity index is 1.55. The van der Waals surface area contributed by atoms with E-state index < -0.39 is 0 Å². The molecular formula is C24H30N4O3. The molecule has 2 saturated heterocycles. The van der Waals surface area contributed by atoms with Gasteiger partial charge in [0.1, 0.15) is 6.54 Å². The minimum Gasteiger partial charge on any atom is -0.341 e. The van der Waals surface area contributed by atoms with Gasteiger partial charge in [0.15, 0.2) is 0 Å². The van der Waals surface area contributed by atoms with E-state index in [9.17, 15) is 14.4 Å². The molecule has 0 unspecified atom stereocenters. The lowest BCUT2D eigenvalue weighted by Crippen LogP contribution is -2.49. The van der Waals surface area contributed by atoms with Crippen LogP contribution in [0.5, 0.6) is 0 Å². The van der Waals surface area contributed by atoms with Crippen molar-refractivity contribution < 1.29 is 9.59 Å². The lowest BCUT2D eigenvalue weighted by Gasteiger charge is -2.40. The number of amides is 2. The molecule has 7 nitrogen and oxygen atoms in total. The quantitative estimate of drug-likeness (QED) is 0.756. The zero-order chi connectivity index (χ0) is 21.8. The number of piperidine rings is 1. The van der Waals surface area contributed by atoms with E-state index in [4.69, 9.17) is 0 Å². The highest BCUT2D eigenvalue weighted by Gasteiger charge is 2.31. The van der Waals surface area contributed by atoms with Crippen molar-refractivity contribution in [1.29, 1.82) is 0 Å². The van der Waals surface area contributed by atoms with Gasteiger partial charge in [-0.15, -0.1) is 0 Å². The van der Waals surface area contributed by atoms with E-state index in [0.717, 1.165) is 51.0 Å². The van der Waals surface area contributed by atoms with Crippen LogP contribution in [0, 0.1) is 0 Å². The van der Waals surface area contributed by atoms with Crippen LogP contribution in [0.15, 0.2) is 53.5 Å². The summed E-state index contributed by atoms with van der Waals surface area (Å²) in [5, 5.41) is 0. The molecule has 1 atom stereocenters. The Morgan fingerprint density at radius 2 is 1.68 bits per heavy atom. The highest BCUT2D eigenvalue weighted by atomic mass is 16.2. The summed E-state index contributed by atoms with van der Waals surface area (Å²) in [6.07, 6.45) is 4.70. The topological polar surface area (TPSA) is 65.9 Å². The number of hydrogen-bond donors (Lipinski definition) is 0. The van der Waals surface area contributed by atoms with Crippen LogP contribution in [-0.4, -0.2) is 70.9 Å². The minimum absolute atomic E-state index is 0.0230. The molecule has 1 aromatic carbocycles. The molecule has 7 heteroatoms. The Kier molecular flexibility index (Phi) is 6.51. The Morgan fingerprint density at radius 1 is 0.935 bits per heavy atom. The largest absolute Gasteiger partial charge is 0.341 e. The fourth-order valence-electron chi connectivity index (χ4n) is 4.46.